The maximum Gasteiger partial charge on any atom is 0.356 e. The second kappa shape index (κ2) is 11.4. The number of nitro benzene ring substituents is 1. The summed E-state index contributed by atoms with van der Waals surface area (Å²) in [6, 6.07) is 5.36. The van der Waals surface area contributed by atoms with E-state index in [2.05, 4.69) is 9.88 Å². The summed E-state index contributed by atoms with van der Waals surface area (Å²) >= 11 is 2.97. The Kier molecular flexibility index (Phi) is 7.73. The van der Waals surface area contributed by atoms with E-state index in [1.807, 2.05) is 12.3 Å². The molecule has 5 heterocycles. The fourth-order valence-corrected chi connectivity index (χ4v) is 8.28. The van der Waals surface area contributed by atoms with Crippen molar-refractivity contribution in [1.29, 1.82) is 0 Å². The maximum atomic E-state index is 13.4. The van der Waals surface area contributed by atoms with E-state index in [0.717, 1.165) is 10.0 Å². The molecule has 0 spiro atoms. The third kappa shape index (κ3) is 5.29. The number of aromatic nitrogens is 1. The van der Waals surface area contributed by atoms with Crippen LogP contribution in [0.3, 0.4) is 0 Å². The Bertz CT molecular complexity index is 1520. The van der Waals surface area contributed by atoms with Gasteiger partial charge >= 0.3 is 5.97 Å². The number of aliphatic hydroxyl groups is 1. The second-order valence-electron chi connectivity index (χ2n) is 11.1. The number of thioether (sulfide) groups is 1. The van der Waals surface area contributed by atoms with Gasteiger partial charge in [-0.15, -0.1) is 23.1 Å². The standard InChI is InChI=1S/C28H29N5O8S2/c1-14-23-22(15(2)34)26(37)32(23)24(27(38)41-12-16-3-5-18(6-4-16)33(39)40)25(14)43-19-10-30(11-19)28-29-17(13-42-28)9-31-20(35)7-8-21(31)36/h3-6,13-15,19,22-23,34H,7-12H2,1-2H3/t14-,15-,22-,23-/m1/s1. The second-order valence-corrected chi connectivity index (χ2v) is 13.3. The summed E-state index contributed by atoms with van der Waals surface area (Å²) in [5, 5.41) is 23.9. The van der Waals surface area contributed by atoms with E-state index in [-0.39, 0.29) is 72.3 Å². The highest BCUT2D eigenvalue weighted by atomic mass is 32.2. The van der Waals surface area contributed by atoms with Crippen LogP contribution in [-0.2, 0) is 37.1 Å². The molecule has 43 heavy (non-hydrogen) atoms. The number of non-ortho nitro benzene ring substituents is 1. The summed E-state index contributed by atoms with van der Waals surface area (Å²) in [5.41, 5.74) is 1.36. The van der Waals surface area contributed by atoms with Crippen molar-refractivity contribution in [1.82, 2.24) is 14.8 Å². The first-order chi connectivity index (χ1) is 20.5. The number of ether oxygens (including phenoxy) is 1. The number of amides is 3. The van der Waals surface area contributed by atoms with E-state index in [9.17, 15) is 34.4 Å². The third-order valence-corrected chi connectivity index (χ3v) is 10.6. The van der Waals surface area contributed by atoms with Gasteiger partial charge in [0.1, 0.15) is 12.3 Å². The van der Waals surface area contributed by atoms with Crippen molar-refractivity contribution >= 4 is 57.6 Å². The highest BCUT2D eigenvalue weighted by Gasteiger charge is 2.60. The number of fused-ring (bicyclic) bond motifs is 1. The van der Waals surface area contributed by atoms with Crippen LogP contribution in [0.15, 0.2) is 40.2 Å². The number of imide groups is 1. The molecule has 0 saturated carbocycles. The predicted molar refractivity (Wildman–Crippen MR) is 155 cm³/mol. The zero-order valence-corrected chi connectivity index (χ0v) is 25.0. The largest absolute Gasteiger partial charge is 0.456 e. The van der Waals surface area contributed by atoms with Gasteiger partial charge in [-0.2, -0.15) is 0 Å². The molecule has 226 valence electrons. The van der Waals surface area contributed by atoms with Crippen LogP contribution in [0.25, 0.3) is 0 Å². The third-order valence-electron chi connectivity index (χ3n) is 8.25. The van der Waals surface area contributed by atoms with Gasteiger partial charge in [0.2, 0.25) is 17.7 Å². The molecule has 6 rings (SSSR count). The average molecular weight is 628 g/mol. The van der Waals surface area contributed by atoms with Crippen LogP contribution in [0.5, 0.6) is 0 Å². The van der Waals surface area contributed by atoms with Crippen LogP contribution < -0.4 is 4.90 Å². The van der Waals surface area contributed by atoms with Crippen molar-refractivity contribution in [3.8, 4) is 0 Å². The van der Waals surface area contributed by atoms with Crippen molar-refractivity contribution in [3.63, 3.8) is 0 Å². The van der Waals surface area contributed by atoms with Crippen molar-refractivity contribution in [3.05, 3.63) is 61.6 Å². The van der Waals surface area contributed by atoms with Crippen LogP contribution in [0.4, 0.5) is 10.8 Å². The molecular formula is C28H29N5O8S2. The van der Waals surface area contributed by atoms with E-state index < -0.39 is 22.9 Å². The van der Waals surface area contributed by atoms with Gasteiger partial charge in [-0.3, -0.25) is 29.4 Å². The molecule has 1 N–H and O–H groups in total. The number of aliphatic hydroxyl groups excluding tert-OH is 1. The zero-order valence-electron chi connectivity index (χ0n) is 23.4. The van der Waals surface area contributed by atoms with Gasteiger partial charge < -0.3 is 19.6 Å². The van der Waals surface area contributed by atoms with Crippen LogP contribution >= 0.6 is 23.1 Å². The smallest absolute Gasteiger partial charge is 0.356 e. The lowest BCUT2D eigenvalue weighted by molar-refractivity contribution is -0.384. The predicted octanol–water partition coefficient (Wildman–Crippen LogP) is 2.43. The number of hydrogen-bond donors (Lipinski definition) is 1. The highest BCUT2D eigenvalue weighted by Crippen LogP contribution is 2.52. The first-order valence-corrected chi connectivity index (χ1v) is 15.6. The number of rotatable bonds is 10. The molecule has 0 radical (unpaired) electrons. The van der Waals surface area contributed by atoms with Crippen LogP contribution in [-0.4, -0.2) is 79.0 Å². The molecule has 13 nitrogen and oxygen atoms in total. The Morgan fingerprint density at radius 1 is 1.21 bits per heavy atom. The summed E-state index contributed by atoms with van der Waals surface area (Å²) < 4.78 is 5.58. The molecule has 0 aliphatic carbocycles. The summed E-state index contributed by atoms with van der Waals surface area (Å²) in [6.07, 6.45) is -0.380. The highest BCUT2D eigenvalue weighted by molar-refractivity contribution is 8.03. The van der Waals surface area contributed by atoms with Crippen LogP contribution in [0.1, 0.15) is 37.9 Å². The lowest BCUT2D eigenvalue weighted by Crippen LogP contribution is -2.63. The van der Waals surface area contributed by atoms with Crippen LogP contribution in [0, 0.1) is 22.0 Å². The van der Waals surface area contributed by atoms with E-state index in [1.165, 1.54) is 57.2 Å². The van der Waals surface area contributed by atoms with Gasteiger partial charge in [0.25, 0.3) is 5.69 Å². The van der Waals surface area contributed by atoms with Crippen LogP contribution in [0.2, 0.25) is 0 Å². The summed E-state index contributed by atoms with van der Waals surface area (Å²) in [7, 11) is 0. The average Bonchev–Trinajstić information content (AvgIpc) is 3.60. The minimum Gasteiger partial charge on any atom is -0.456 e. The summed E-state index contributed by atoms with van der Waals surface area (Å²) in [4.78, 5) is 70.9. The van der Waals surface area contributed by atoms with Crippen molar-refractivity contribution in [2.24, 2.45) is 11.8 Å². The minimum absolute atomic E-state index is 0.0698. The quantitative estimate of drug-likeness (QED) is 0.135. The molecule has 15 heteroatoms. The Morgan fingerprint density at radius 3 is 2.51 bits per heavy atom. The number of likely N-dealkylation sites (tertiary alicyclic amines) is 1. The van der Waals surface area contributed by atoms with E-state index in [1.54, 1.807) is 6.92 Å². The van der Waals surface area contributed by atoms with E-state index >= 15 is 0 Å². The molecule has 3 saturated heterocycles. The number of thiazole rings is 1. The molecule has 2 aromatic rings. The zero-order chi connectivity index (χ0) is 30.6. The van der Waals surface area contributed by atoms with Gasteiger partial charge in [-0.05, 0) is 24.6 Å². The SMILES string of the molecule is C[C@@H](O)[C@H]1C(=O)N2C(C(=O)OCc3ccc([N+](=O)[O-])cc3)=C(SC3CN(c4nc(CN5C(=O)CCC5=O)cs4)C3)[C@H](C)[C@H]12. The van der Waals surface area contributed by atoms with Gasteiger partial charge in [0, 0.05) is 59.5 Å². The van der Waals surface area contributed by atoms with Gasteiger partial charge in [0.15, 0.2) is 5.13 Å². The molecule has 4 atom stereocenters. The fraction of sp³-hybridized carbons (Fsp3) is 0.464. The number of anilines is 1. The molecule has 3 fully saturated rings. The number of nitrogens with zero attached hydrogens (tertiary/aromatic N) is 5. The van der Waals surface area contributed by atoms with Gasteiger partial charge in [0.05, 0.1) is 35.2 Å². The Morgan fingerprint density at radius 2 is 1.88 bits per heavy atom. The number of esters is 1. The molecule has 0 unspecified atom stereocenters. The van der Waals surface area contributed by atoms with Gasteiger partial charge in [-0.1, -0.05) is 6.92 Å². The molecule has 0 bridgehead atoms. The Balaban J connectivity index is 1.13. The first-order valence-electron chi connectivity index (χ1n) is 13.9. The molecule has 3 amide bonds. The van der Waals surface area contributed by atoms with Crippen molar-refractivity contribution in [2.45, 2.75) is 57.2 Å². The fourth-order valence-electron chi connectivity index (χ4n) is 5.92. The van der Waals surface area contributed by atoms with Crippen molar-refractivity contribution in [2.75, 3.05) is 18.0 Å². The lowest BCUT2D eigenvalue weighted by atomic mass is 9.79. The normalized spacial score (nSPS) is 24.3. The summed E-state index contributed by atoms with van der Waals surface area (Å²) in [5.74, 6) is -2.11. The maximum absolute atomic E-state index is 13.4. The number of benzene rings is 1. The van der Waals surface area contributed by atoms with E-state index in [4.69, 9.17) is 4.74 Å². The molecule has 4 aliphatic rings. The van der Waals surface area contributed by atoms with Crippen molar-refractivity contribution < 1.29 is 33.9 Å². The molecule has 4 aliphatic heterocycles. The number of nitro groups is 1. The molecule has 1 aromatic heterocycles. The topological polar surface area (TPSA) is 163 Å². The summed E-state index contributed by atoms with van der Waals surface area (Å²) in [6.45, 7) is 4.88. The Labute approximate surface area is 254 Å². The monoisotopic (exact) mass is 627 g/mol. The minimum atomic E-state index is -0.859. The number of carbonyl (C=O) groups excluding carboxylic acids is 4. The number of carbonyl (C=O) groups is 4. The molecular weight excluding hydrogens is 598 g/mol. The first kappa shape index (κ1) is 29.3. The Hall–Kier alpha value is -3.82. The van der Waals surface area contributed by atoms with E-state index in [0.29, 0.717) is 24.3 Å². The van der Waals surface area contributed by atoms with Gasteiger partial charge in [-0.25, -0.2) is 9.78 Å². The molecule has 1 aromatic carbocycles. The number of β-lactam (4-membered cyclic amide) rings is 1. The lowest BCUT2D eigenvalue weighted by Gasteiger charge is -2.46. The number of hydrogen-bond acceptors (Lipinski definition) is 12.